The van der Waals surface area contributed by atoms with Gasteiger partial charge in [0.1, 0.15) is 0 Å². The van der Waals surface area contributed by atoms with Crippen molar-refractivity contribution in [3.05, 3.63) is 0 Å². The number of carbonyl (C=O) groups excluding carboxylic acids is 1. The molecule has 1 saturated heterocycles. The van der Waals surface area contributed by atoms with Gasteiger partial charge in [0.25, 0.3) is 0 Å². The van der Waals surface area contributed by atoms with Crippen LogP contribution in [0, 0.1) is 0 Å². The van der Waals surface area contributed by atoms with Crippen LogP contribution in [0.2, 0.25) is 0 Å². The van der Waals surface area contributed by atoms with Gasteiger partial charge in [-0.05, 0) is 32.2 Å². The third kappa shape index (κ3) is 5.53. The Labute approximate surface area is 106 Å². The number of rotatable bonds is 8. The fourth-order valence-electron chi connectivity index (χ4n) is 2.33. The molecule has 1 atom stereocenters. The lowest BCUT2D eigenvalue weighted by molar-refractivity contribution is -0.131. The minimum absolute atomic E-state index is 0.356. The molecule has 17 heavy (non-hydrogen) atoms. The maximum atomic E-state index is 12.1. The van der Waals surface area contributed by atoms with Gasteiger partial charge in [-0.15, -0.1) is 0 Å². The summed E-state index contributed by atoms with van der Waals surface area (Å²) in [6, 6.07) is 0.539. The van der Waals surface area contributed by atoms with Gasteiger partial charge in [0.15, 0.2) is 0 Å². The molecule has 0 spiro atoms. The lowest BCUT2D eigenvalue weighted by Gasteiger charge is -2.26. The molecule has 1 amide bonds. The van der Waals surface area contributed by atoms with E-state index in [4.69, 9.17) is 0 Å². The molecule has 0 aromatic carbocycles. The van der Waals surface area contributed by atoms with Crippen LogP contribution in [0.15, 0.2) is 0 Å². The van der Waals surface area contributed by atoms with E-state index in [1.54, 1.807) is 0 Å². The minimum Gasteiger partial charge on any atom is -0.341 e. The first kappa shape index (κ1) is 14.5. The van der Waals surface area contributed by atoms with E-state index in [0.717, 1.165) is 51.7 Å². The zero-order valence-corrected chi connectivity index (χ0v) is 11.5. The summed E-state index contributed by atoms with van der Waals surface area (Å²) in [5, 5.41) is 3.48. The number of carbonyl (C=O) groups is 1. The van der Waals surface area contributed by atoms with E-state index in [1.807, 2.05) is 0 Å². The van der Waals surface area contributed by atoms with Gasteiger partial charge in [0.2, 0.25) is 5.91 Å². The summed E-state index contributed by atoms with van der Waals surface area (Å²) in [6.45, 7) is 7.31. The zero-order valence-electron chi connectivity index (χ0n) is 11.5. The molecule has 0 aliphatic carbocycles. The molecule has 1 heterocycles. The van der Waals surface area contributed by atoms with Crippen molar-refractivity contribution in [1.29, 1.82) is 0 Å². The van der Waals surface area contributed by atoms with Crippen LogP contribution < -0.4 is 5.32 Å². The largest absolute Gasteiger partial charge is 0.341 e. The molecule has 1 N–H and O–H groups in total. The summed E-state index contributed by atoms with van der Waals surface area (Å²) in [7, 11) is 0. The third-order valence-corrected chi connectivity index (χ3v) is 3.48. The first-order valence-corrected chi connectivity index (χ1v) is 7.29. The second-order valence-corrected chi connectivity index (χ2v) is 5.09. The predicted molar refractivity (Wildman–Crippen MR) is 72.0 cm³/mol. The molecular weight excluding hydrogens is 212 g/mol. The first-order chi connectivity index (χ1) is 8.27. The molecule has 0 radical (unpaired) electrons. The molecule has 3 heteroatoms. The number of hydrogen-bond acceptors (Lipinski definition) is 2. The minimum atomic E-state index is 0.356. The first-order valence-electron chi connectivity index (χ1n) is 7.29. The SMILES string of the molecule is CCCCC(=O)N(CCCC)CC1CCCN1. The average molecular weight is 240 g/mol. The van der Waals surface area contributed by atoms with Crippen LogP contribution >= 0.6 is 0 Å². The van der Waals surface area contributed by atoms with Crippen molar-refractivity contribution in [3.8, 4) is 0 Å². The standard InChI is InChI=1S/C14H28N2O/c1-3-5-9-14(17)16(11-6-4-2)12-13-8-7-10-15-13/h13,15H,3-12H2,1-2H3. The number of nitrogens with zero attached hydrogens (tertiary/aromatic N) is 1. The van der Waals surface area contributed by atoms with Gasteiger partial charge >= 0.3 is 0 Å². The van der Waals surface area contributed by atoms with Crippen molar-refractivity contribution in [2.24, 2.45) is 0 Å². The number of amides is 1. The molecule has 1 aliphatic rings. The van der Waals surface area contributed by atoms with Crippen LogP contribution in [0.3, 0.4) is 0 Å². The number of hydrogen-bond donors (Lipinski definition) is 1. The molecule has 1 unspecified atom stereocenters. The second-order valence-electron chi connectivity index (χ2n) is 5.09. The van der Waals surface area contributed by atoms with Crippen LogP contribution in [-0.2, 0) is 4.79 Å². The summed E-state index contributed by atoms with van der Waals surface area (Å²) in [5.74, 6) is 0.356. The Bertz CT molecular complexity index is 212. The monoisotopic (exact) mass is 240 g/mol. The fourth-order valence-corrected chi connectivity index (χ4v) is 2.33. The zero-order chi connectivity index (χ0) is 12.5. The van der Waals surface area contributed by atoms with E-state index >= 15 is 0 Å². The molecule has 0 aromatic rings. The normalized spacial score (nSPS) is 19.5. The number of unbranched alkanes of at least 4 members (excludes halogenated alkanes) is 2. The summed E-state index contributed by atoms with van der Waals surface area (Å²) in [4.78, 5) is 14.2. The smallest absolute Gasteiger partial charge is 0.222 e. The molecule has 100 valence electrons. The molecule has 1 aliphatic heterocycles. The summed E-state index contributed by atoms with van der Waals surface area (Å²) in [5.41, 5.74) is 0. The van der Waals surface area contributed by atoms with Gasteiger partial charge in [-0.3, -0.25) is 4.79 Å². The maximum absolute atomic E-state index is 12.1. The van der Waals surface area contributed by atoms with E-state index in [2.05, 4.69) is 24.1 Å². The summed E-state index contributed by atoms with van der Waals surface area (Å²) < 4.78 is 0. The van der Waals surface area contributed by atoms with E-state index in [1.165, 1.54) is 12.8 Å². The Morgan fingerprint density at radius 3 is 2.65 bits per heavy atom. The quantitative estimate of drug-likeness (QED) is 0.707. The third-order valence-electron chi connectivity index (χ3n) is 3.48. The Morgan fingerprint density at radius 1 is 1.29 bits per heavy atom. The Morgan fingerprint density at radius 2 is 2.06 bits per heavy atom. The highest BCUT2D eigenvalue weighted by Gasteiger charge is 2.20. The van der Waals surface area contributed by atoms with Crippen LogP contribution in [0.5, 0.6) is 0 Å². The van der Waals surface area contributed by atoms with E-state index in [9.17, 15) is 4.79 Å². The molecule has 3 nitrogen and oxygen atoms in total. The molecule has 1 fully saturated rings. The van der Waals surface area contributed by atoms with Crippen LogP contribution in [0.4, 0.5) is 0 Å². The topological polar surface area (TPSA) is 32.3 Å². The highest BCUT2D eigenvalue weighted by molar-refractivity contribution is 5.76. The Balaban J connectivity index is 2.37. The van der Waals surface area contributed by atoms with Gasteiger partial charge in [-0.2, -0.15) is 0 Å². The van der Waals surface area contributed by atoms with Gasteiger partial charge in [0.05, 0.1) is 0 Å². The summed E-state index contributed by atoms with van der Waals surface area (Å²) >= 11 is 0. The van der Waals surface area contributed by atoms with Gasteiger partial charge < -0.3 is 10.2 Å². The van der Waals surface area contributed by atoms with Crippen molar-refractivity contribution in [2.75, 3.05) is 19.6 Å². The van der Waals surface area contributed by atoms with E-state index < -0.39 is 0 Å². The highest BCUT2D eigenvalue weighted by Crippen LogP contribution is 2.10. The maximum Gasteiger partial charge on any atom is 0.222 e. The van der Waals surface area contributed by atoms with Gasteiger partial charge in [-0.1, -0.05) is 26.7 Å². The van der Waals surface area contributed by atoms with Crippen LogP contribution in [-0.4, -0.2) is 36.5 Å². The van der Waals surface area contributed by atoms with Crippen LogP contribution in [0.1, 0.15) is 58.8 Å². The molecule has 0 saturated carbocycles. The van der Waals surface area contributed by atoms with E-state index in [0.29, 0.717) is 11.9 Å². The molecule has 0 bridgehead atoms. The number of nitrogens with one attached hydrogen (secondary N) is 1. The summed E-state index contributed by atoms with van der Waals surface area (Å²) in [6.07, 6.45) is 7.64. The average Bonchev–Trinajstić information content (AvgIpc) is 2.84. The Hall–Kier alpha value is -0.570. The van der Waals surface area contributed by atoms with Crippen molar-refractivity contribution in [2.45, 2.75) is 64.8 Å². The predicted octanol–water partition coefficient (Wildman–Crippen LogP) is 2.56. The molecular formula is C14H28N2O. The van der Waals surface area contributed by atoms with Crippen molar-refractivity contribution in [1.82, 2.24) is 10.2 Å². The lowest BCUT2D eigenvalue weighted by Crippen LogP contribution is -2.41. The van der Waals surface area contributed by atoms with E-state index in [-0.39, 0.29) is 0 Å². The van der Waals surface area contributed by atoms with Gasteiger partial charge in [-0.25, -0.2) is 0 Å². The highest BCUT2D eigenvalue weighted by atomic mass is 16.2. The fraction of sp³-hybridized carbons (Fsp3) is 0.929. The van der Waals surface area contributed by atoms with Crippen molar-refractivity contribution >= 4 is 5.91 Å². The van der Waals surface area contributed by atoms with Gasteiger partial charge in [0, 0.05) is 25.6 Å². The molecule has 1 rings (SSSR count). The second kappa shape index (κ2) is 8.51. The van der Waals surface area contributed by atoms with Crippen molar-refractivity contribution in [3.63, 3.8) is 0 Å². The molecule has 0 aromatic heterocycles. The Kier molecular flexibility index (Phi) is 7.25. The van der Waals surface area contributed by atoms with Crippen LogP contribution in [0.25, 0.3) is 0 Å². The van der Waals surface area contributed by atoms with Crippen molar-refractivity contribution < 1.29 is 4.79 Å². The lowest BCUT2D eigenvalue weighted by atomic mass is 10.1.